The molecule has 3 heteroatoms. The van der Waals surface area contributed by atoms with Crippen LogP contribution in [0, 0.1) is 5.92 Å². The Labute approximate surface area is 105 Å². The summed E-state index contributed by atoms with van der Waals surface area (Å²) in [5, 5.41) is 3.51. The molecule has 0 spiro atoms. The summed E-state index contributed by atoms with van der Waals surface area (Å²) < 4.78 is 0.469. The topological polar surface area (TPSA) is 15.3 Å². The lowest BCUT2D eigenvalue weighted by molar-refractivity contribution is 0.0584. The van der Waals surface area contributed by atoms with E-state index in [1.807, 2.05) is 0 Å². The number of hydrogen-bond acceptors (Lipinski definition) is 3. The van der Waals surface area contributed by atoms with Crippen molar-refractivity contribution < 1.29 is 0 Å². The fraction of sp³-hybridized carbons (Fsp3) is 1.00. The van der Waals surface area contributed by atoms with Crippen molar-refractivity contribution in [2.24, 2.45) is 5.92 Å². The van der Waals surface area contributed by atoms with Crippen molar-refractivity contribution in [2.45, 2.75) is 44.4 Å². The van der Waals surface area contributed by atoms with E-state index in [2.05, 4.69) is 42.7 Å². The highest BCUT2D eigenvalue weighted by Crippen LogP contribution is 2.37. The molecule has 16 heavy (non-hydrogen) atoms. The fourth-order valence-corrected chi connectivity index (χ4v) is 4.07. The molecule has 0 aromatic heterocycles. The van der Waals surface area contributed by atoms with Gasteiger partial charge in [-0.2, -0.15) is 11.8 Å². The second-order valence-electron chi connectivity index (χ2n) is 5.79. The highest BCUT2D eigenvalue weighted by molar-refractivity contribution is 8.00. The van der Waals surface area contributed by atoms with E-state index in [0.29, 0.717) is 4.75 Å². The van der Waals surface area contributed by atoms with Gasteiger partial charge in [0.05, 0.1) is 0 Å². The summed E-state index contributed by atoms with van der Waals surface area (Å²) >= 11 is 2.14. The van der Waals surface area contributed by atoms with Crippen LogP contribution in [0.4, 0.5) is 0 Å². The molecule has 2 aliphatic rings. The summed E-state index contributed by atoms with van der Waals surface area (Å²) in [6.45, 7) is 11.9. The Morgan fingerprint density at radius 2 is 2.19 bits per heavy atom. The van der Waals surface area contributed by atoms with Crippen molar-refractivity contribution >= 4 is 11.8 Å². The van der Waals surface area contributed by atoms with Crippen LogP contribution < -0.4 is 5.32 Å². The molecule has 2 atom stereocenters. The van der Waals surface area contributed by atoms with Gasteiger partial charge in [-0.25, -0.2) is 0 Å². The number of nitrogens with zero attached hydrogens (tertiary/aromatic N) is 1. The lowest BCUT2D eigenvalue weighted by Crippen LogP contribution is -2.56. The smallest absolute Gasteiger partial charge is 0.0231 e. The third-order valence-electron chi connectivity index (χ3n) is 3.96. The van der Waals surface area contributed by atoms with Crippen LogP contribution in [0.5, 0.6) is 0 Å². The van der Waals surface area contributed by atoms with Crippen molar-refractivity contribution in [2.75, 3.05) is 31.9 Å². The first kappa shape index (κ1) is 12.7. The molecule has 0 radical (unpaired) electrons. The van der Waals surface area contributed by atoms with Crippen LogP contribution in [-0.2, 0) is 0 Å². The zero-order valence-electron chi connectivity index (χ0n) is 11.0. The highest BCUT2D eigenvalue weighted by atomic mass is 32.2. The normalized spacial score (nSPS) is 34.7. The van der Waals surface area contributed by atoms with Gasteiger partial charge in [0.15, 0.2) is 0 Å². The lowest BCUT2D eigenvalue weighted by Gasteiger charge is -2.49. The van der Waals surface area contributed by atoms with Gasteiger partial charge in [-0.1, -0.05) is 6.92 Å². The molecule has 2 unspecified atom stereocenters. The molecule has 0 bridgehead atoms. The zero-order valence-corrected chi connectivity index (χ0v) is 11.8. The first-order valence-corrected chi connectivity index (χ1v) is 7.69. The van der Waals surface area contributed by atoms with E-state index >= 15 is 0 Å². The summed E-state index contributed by atoms with van der Waals surface area (Å²) in [7, 11) is 0. The van der Waals surface area contributed by atoms with Crippen molar-refractivity contribution in [3.8, 4) is 0 Å². The van der Waals surface area contributed by atoms with Gasteiger partial charge in [0.25, 0.3) is 0 Å². The average molecular weight is 242 g/mol. The molecule has 2 rings (SSSR count). The van der Waals surface area contributed by atoms with E-state index in [1.54, 1.807) is 0 Å². The van der Waals surface area contributed by atoms with Gasteiger partial charge in [-0.05, 0) is 45.7 Å². The van der Waals surface area contributed by atoms with Gasteiger partial charge in [0.1, 0.15) is 0 Å². The second-order valence-corrected chi connectivity index (χ2v) is 7.59. The number of thioether (sulfide) groups is 1. The zero-order chi connectivity index (χ0) is 11.6. The van der Waals surface area contributed by atoms with Gasteiger partial charge in [0, 0.05) is 29.6 Å². The van der Waals surface area contributed by atoms with Crippen LogP contribution in [0.25, 0.3) is 0 Å². The second kappa shape index (κ2) is 5.28. The largest absolute Gasteiger partial charge is 0.317 e. The quantitative estimate of drug-likeness (QED) is 0.814. The van der Waals surface area contributed by atoms with Crippen LogP contribution in [0.3, 0.4) is 0 Å². The van der Waals surface area contributed by atoms with Gasteiger partial charge in [-0.15, -0.1) is 0 Å². The molecule has 1 saturated carbocycles. The van der Waals surface area contributed by atoms with Gasteiger partial charge in [0.2, 0.25) is 0 Å². The van der Waals surface area contributed by atoms with E-state index in [-0.39, 0.29) is 0 Å². The van der Waals surface area contributed by atoms with E-state index < -0.39 is 0 Å². The molecule has 2 fully saturated rings. The Balaban J connectivity index is 1.83. The minimum absolute atomic E-state index is 0.469. The molecule has 1 aliphatic heterocycles. The van der Waals surface area contributed by atoms with Crippen molar-refractivity contribution in [1.29, 1.82) is 0 Å². The average Bonchev–Trinajstić information content (AvgIpc) is 2.15. The van der Waals surface area contributed by atoms with Crippen LogP contribution in [0.1, 0.15) is 33.6 Å². The van der Waals surface area contributed by atoms with E-state index in [1.165, 1.54) is 38.2 Å². The van der Waals surface area contributed by atoms with Crippen molar-refractivity contribution in [3.63, 3.8) is 0 Å². The van der Waals surface area contributed by atoms with Crippen molar-refractivity contribution in [3.05, 3.63) is 0 Å². The molecule has 1 N–H and O–H groups in total. The van der Waals surface area contributed by atoms with Gasteiger partial charge < -0.3 is 5.32 Å². The van der Waals surface area contributed by atoms with Crippen LogP contribution in [0.15, 0.2) is 0 Å². The standard InChI is InChI=1S/C13H26N2S/c1-4-14-9-11-5-6-12(11)15-7-8-16-13(2,3)10-15/h11-12,14H,4-10H2,1-3H3. The summed E-state index contributed by atoms with van der Waals surface area (Å²) in [6, 6.07) is 0.874. The molecule has 2 nitrogen and oxygen atoms in total. The van der Waals surface area contributed by atoms with Crippen LogP contribution >= 0.6 is 11.8 Å². The van der Waals surface area contributed by atoms with Gasteiger partial charge >= 0.3 is 0 Å². The highest BCUT2D eigenvalue weighted by Gasteiger charge is 2.38. The molecular weight excluding hydrogens is 216 g/mol. The van der Waals surface area contributed by atoms with Crippen molar-refractivity contribution in [1.82, 2.24) is 10.2 Å². The molecule has 94 valence electrons. The monoisotopic (exact) mass is 242 g/mol. The third kappa shape index (κ3) is 2.93. The Kier molecular flexibility index (Phi) is 4.20. The Morgan fingerprint density at radius 3 is 2.75 bits per heavy atom. The summed E-state index contributed by atoms with van der Waals surface area (Å²) in [5.41, 5.74) is 0. The third-order valence-corrected chi connectivity index (χ3v) is 5.26. The molecule has 1 aliphatic carbocycles. The summed E-state index contributed by atoms with van der Waals surface area (Å²) in [4.78, 5) is 2.75. The van der Waals surface area contributed by atoms with E-state index in [4.69, 9.17) is 0 Å². The van der Waals surface area contributed by atoms with Gasteiger partial charge in [-0.3, -0.25) is 4.90 Å². The molecular formula is C13H26N2S. The number of nitrogens with one attached hydrogen (secondary N) is 1. The maximum atomic E-state index is 3.51. The molecule has 0 aromatic rings. The Bertz CT molecular complexity index is 230. The first-order chi connectivity index (χ1) is 7.62. The number of rotatable bonds is 4. The van der Waals surface area contributed by atoms with E-state index in [0.717, 1.165) is 18.5 Å². The summed E-state index contributed by atoms with van der Waals surface area (Å²) in [6.07, 6.45) is 2.86. The SMILES string of the molecule is CCNCC1CCC1N1CCSC(C)(C)C1. The minimum Gasteiger partial charge on any atom is -0.317 e. The molecule has 1 saturated heterocycles. The maximum absolute atomic E-state index is 3.51. The predicted octanol–water partition coefficient (Wildman–Crippen LogP) is 2.20. The maximum Gasteiger partial charge on any atom is 0.0231 e. The fourth-order valence-electron chi connectivity index (χ4n) is 2.94. The first-order valence-electron chi connectivity index (χ1n) is 6.71. The number of hydrogen-bond donors (Lipinski definition) is 1. The van der Waals surface area contributed by atoms with Crippen LogP contribution in [0.2, 0.25) is 0 Å². The Hall–Kier alpha value is 0.270. The minimum atomic E-state index is 0.469. The molecule has 1 heterocycles. The van der Waals surface area contributed by atoms with Crippen LogP contribution in [-0.4, -0.2) is 47.6 Å². The Morgan fingerprint density at radius 1 is 1.38 bits per heavy atom. The lowest BCUT2D eigenvalue weighted by atomic mass is 9.78. The molecule has 0 aromatic carbocycles. The molecule has 0 amide bonds. The van der Waals surface area contributed by atoms with E-state index in [9.17, 15) is 0 Å². The summed E-state index contributed by atoms with van der Waals surface area (Å²) in [5.74, 6) is 2.23. The predicted molar refractivity (Wildman–Crippen MR) is 73.2 cm³/mol.